The standard InChI is InChI=1S/C60H102NO8P/c1-6-8-10-12-14-16-18-20-22-24-26-28-30-32-34-36-38-40-42-44-46-48-50-52-59(62)66-56-58(57-68-70(64,65)67-55-54-61(3,4)5)69-60(63)53-51-49-47-45-43-41-39-37-35-33-31-29-27-25-23-21-19-17-15-13-11-9-7-2/h9,11,15,17-18,20-21,23-24,26-27,29,33,35,39,41,45,47,58H,6-8,10,12-14,16,19,22,25,28,30-32,34,36-38,40,42-44,46,48-57H2,1-5H3/b11-9-,17-15-,20-18-,23-21-,26-24-,29-27-,35-33-,41-39-,47-45-. The van der Waals surface area contributed by atoms with E-state index >= 15 is 0 Å². The fourth-order valence-electron chi connectivity index (χ4n) is 7.03. The summed E-state index contributed by atoms with van der Waals surface area (Å²) in [4.78, 5) is 37.8. The van der Waals surface area contributed by atoms with Gasteiger partial charge < -0.3 is 27.9 Å². The minimum Gasteiger partial charge on any atom is -0.756 e. The second kappa shape index (κ2) is 50.6. The van der Waals surface area contributed by atoms with Crippen molar-refractivity contribution in [3.8, 4) is 0 Å². The summed E-state index contributed by atoms with van der Waals surface area (Å²) in [5.74, 6) is -0.912. The van der Waals surface area contributed by atoms with Crippen LogP contribution >= 0.6 is 7.82 Å². The van der Waals surface area contributed by atoms with Crippen LogP contribution in [-0.2, 0) is 32.7 Å². The molecule has 0 aliphatic rings. The molecule has 0 aromatic carbocycles. The van der Waals surface area contributed by atoms with E-state index < -0.39 is 32.5 Å². The lowest BCUT2D eigenvalue weighted by molar-refractivity contribution is -0.870. The third-order valence-corrected chi connectivity index (χ3v) is 12.2. The highest BCUT2D eigenvalue weighted by atomic mass is 31.2. The van der Waals surface area contributed by atoms with Crippen LogP contribution in [0.3, 0.4) is 0 Å². The summed E-state index contributed by atoms with van der Waals surface area (Å²) < 4.78 is 34.0. The van der Waals surface area contributed by atoms with Crippen LogP contribution in [-0.4, -0.2) is 70.0 Å². The molecule has 0 heterocycles. The van der Waals surface area contributed by atoms with Crippen molar-refractivity contribution in [2.45, 2.75) is 213 Å². The van der Waals surface area contributed by atoms with Gasteiger partial charge in [-0.15, -0.1) is 0 Å². The molecule has 0 fully saturated rings. The highest BCUT2D eigenvalue weighted by Gasteiger charge is 2.21. The Morgan fingerprint density at radius 1 is 0.457 bits per heavy atom. The van der Waals surface area contributed by atoms with Crippen molar-refractivity contribution in [1.29, 1.82) is 0 Å². The maximum Gasteiger partial charge on any atom is 0.306 e. The van der Waals surface area contributed by atoms with Gasteiger partial charge in [-0.25, -0.2) is 0 Å². The summed E-state index contributed by atoms with van der Waals surface area (Å²) >= 11 is 0. The number of carbonyl (C=O) groups is 2. The number of rotatable bonds is 49. The molecule has 0 saturated heterocycles. The summed E-state index contributed by atoms with van der Waals surface area (Å²) in [6, 6.07) is 0. The molecule has 0 aromatic rings. The summed E-state index contributed by atoms with van der Waals surface area (Å²) in [7, 11) is 1.11. The second-order valence-corrected chi connectivity index (χ2v) is 20.6. The van der Waals surface area contributed by atoms with Gasteiger partial charge in [0.2, 0.25) is 0 Å². The molecule has 2 atom stereocenters. The van der Waals surface area contributed by atoms with E-state index in [-0.39, 0.29) is 26.1 Å². The normalized spacial score (nSPS) is 14.2. The van der Waals surface area contributed by atoms with E-state index in [1.54, 1.807) is 0 Å². The maximum absolute atomic E-state index is 12.8. The van der Waals surface area contributed by atoms with Gasteiger partial charge in [0.1, 0.15) is 19.8 Å². The Morgan fingerprint density at radius 2 is 0.829 bits per heavy atom. The van der Waals surface area contributed by atoms with E-state index in [2.05, 4.69) is 117 Å². The molecule has 0 aliphatic heterocycles. The van der Waals surface area contributed by atoms with Gasteiger partial charge in [-0.3, -0.25) is 14.2 Å². The number of phosphoric acid groups is 1. The Kier molecular flexibility index (Phi) is 48.2. The SMILES string of the molecule is CC/C=C\C/C=C\C/C=C\C/C=C\C/C=C\C/C=C\C/C=C\CCCC(=O)OC(COC(=O)CCCCCCCCCCCCC/C=C\C/C=C\CCCCCCC)COP(=O)([O-])OCC[N+](C)(C)C. The largest absolute Gasteiger partial charge is 0.756 e. The Morgan fingerprint density at radius 3 is 1.26 bits per heavy atom. The molecule has 0 aliphatic carbocycles. The molecule has 0 aromatic heterocycles. The van der Waals surface area contributed by atoms with E-state index in [0.29, 0.717) is 30.3 Å². The van der Waals surface area contributed by atoms with E-state index in [9.17, 15) is 19.0 Å². The fourth-order valence-corrected chi connectivity index (χ4v) is 7.76. The number of quaternary nitrogens is 1. The summed E-state index contributed by atoms with van der Waals surface area (Å²) in [6.45, 7) is 4.03. The van der Waals surface area contributed by atoms with E-state index in [4.69, 9.17) is 18.5 Å². The van der Waals surface area contributed by atoms with Crippen LogP contribution in [0.2, 0.25) is 0 Å². The number of allylic oxidation sites excluding steroid dienone is 18. The zero-order chi connectivity index (χ0) is 51.3. The van der Waals surface area contributed by atoms with Gasteiger partial charge in [-0.1, -0.05) is 207 Å². The van der Waals surface area contributed by atoms with Gasteiger partial charge in [0.05, 0.1) is 27.7 Å². The summed E-state index contributed by atoms with van der Waals surface area (Å²) in [5.41, 5.74) is 0. The molecule has 10 heteroatoms. The van der Waals surface area contributed by atoms with Crippen molar-refractivity contribution in [2.24, 2.45) is 0 Å². The number of phosphoric ester groups is 1. The van der Waals surface area contributed by atoms with Crippen LogP contribution in [0.4, 0.5) is 0 Å². The van der Waals surface area contributed by atoms with E-state index in [1.807, 2.05) is 27.2 Å². The molecule has 2 unspecified atom stereocenters. The highest BCUT2D eigenvalue weighted by molar-refractivity contribution is 7.45. The van der Waals surface area contributed by atoms with Gasteiger partial charge in [-0.05, 0) is 96.3 Å². The molecule has 70 heavy (non-hydrogen) atoms. The van der Waals surface area contributed by atoms with Gasteiger partial charge in [-0.2, -0.15) is 0 Å². The second-order valence-electron chi connectivity index (χ2n) is 19.2. The predicted octanol–water partition coefficient (Wildman–Crippen LogP) is 16.4. The van der Waals surface area contributed by atoms with E-state index in [1.165, 1.54) is 89.9 Å². The van der Waals surface area contributed by atoms with Crippen LogP contribution in [0.5, 0.6) is 0 Å². The van der Waals surface area contributed by atoms with E-state index in [0.717, 1.165) is 70.6 Å². The lowest BCUT2D eigenvalue weighted by atomic mass is 10.0. The van der Waals surface area contributed by atoms with Crippen LogP contribution < -0.4 is 4.89 Å². The lowest BCUT2D eigenvalue weighted by Crippen LogP contribution is -2.37. The number of likely N-dealkylation sites (N-methyl/N-ethyl adjacent to an activating group) is 1. The van der Waals surface area contributed by atoms with Crippen LogP contribution in [0.1, 0.15) is 206 Å². The number of ether oxygens (including phenoxy) is 2. The summed E-state index contributed by atoms with van der Waals surface area (Å²) in [5, 5.41) is 0. The number of carbonyl (C=O) groups excluding carboxylic acids is 2. The number of unbranched alkanes of at least 4 members (excludes halogenated alkanes) is 17. The van der Waals surface area contributed by atoms with Gasteiger partial charge >= 0.3 is 11.9 Å². The maximum atomic E-state index is 12.8. The van der Waals surface area contributed by atoms with Crippen molar-refractivity contribution in [3.05, 3.63) is 109 Å². The first kappa shape index (κ1) is 66.7. The van der Waals surface area contributed by atoms with Gasteiger partial charge in [0, 0.05) is 12.8 Å². The zero-order valence-corrected chi connectivity index (χ0v) is 46.1. The molecule has 0 rings (SSSR count). The molecular formula is C60H102NO8P. The average Bonchev–Trinajstić information content (AvgIpc) is 3.32. The van der Waals surface area contributed by atoms with Crippen molar-refractivity contribution in [3.63, 3.8) is 0 Å². The highest BCUT2D eigenvalue weighted by Crippen LogP contribution is 2.38. The number of hydrogen-bond donors (Lipinski definition) is 0. The number of nitrogens with zero attached hydrogens (tertiary/aromatic N) is 1. The minimum absolute atomic E-state index is 0.0480. The molecule has 0 saturated carbocycles. The fraction of sp³-hybridized carbons (Fsp3) is 0.667. The van der Waals surface area contributed by atoms with Crippen LogP contribution in [0.25, 0.3) is 0 Å². The quantitative estimate of drug-likeness (QED) is 0.0195. The topological polar surface area (TPSA) is 111 Å². The average molecular weight is 996 g/mol. The van der Waals surface area contributed by atoms with Crippen LogP contribution in [0, 0.1) is 0 Å². The number of hydrogen-bond acceptors (Lipinski definition) is 8. The smallest absolute Gasteiger partial charge is 0.306 e. The predicted molar refractivity (Wildman–Crippen MR) is 295 cm³/mol. The van der Waals surface area contributed by atoms with Gasteiger partial charge in [0.15, 0.2) is 6.10 Å². The molecule has 0 radical (unpaired) electrons. The van der Waals surface area contributed by atoms with Gasteiger partial charge in [0.25, 0.3) is 7.82 Å². The molecule has 400 valence electrons. The molecule has 0 amide bonds. The molecule has 0 bridgehead atoms. The molecule has 0 N–H and O–H groups in total. The van der Waals surface area contributed by atoms with Crippen molar-refractivity contribution in [2.75, 3.05) is 47.5 Å². The zero-order valence-electron chi connectivity index (χ0n) is 45.2. The summed E-state index contributed by atoms with van der Waals surface area (Å²) in [6.07, 6.45) is 69.9. The van der Waals surface area contributed by atoms with Crippen LogP contribution in [0.15, 0.2) is 109 Å². The van der Waals surface area contributed by atoms with Crippen molar-refractivity contribution < 1.29 is 42.1 Å². The molecule has 0 spiro atoms. The lowest BCUT2D eigenvalue weighted by Gasteiger charge is -2.28. The molecular weight excluding hydrogens is 894 g/mol. The van der Waals surface area contributed by atoms with Crippen molar-refractivity contribution in [1.82, 2.24) is 0 Å². The Labute approximate surface area is 429 Å². The Balaban J connectivity index is 4.33. The third-order valence-electron chi connectivity index (χ3n) is 11.3. The monoisotopic (exact) mass is 996 g/mol. The first-order valence-electron chi connectivity index (χ1n) is 27.6. The first-order valence-corrected chi connectivity index (χ1v) is 29.1. The third kappa shape index (κ3) is 54.0. The number of esters is 2. The minimum atomic E-state index is -4.66. The Bertz CT molecular complexity index is 1550. The first-order chi connectivity index (χ1) is 34.0. The molecule has 9 nitrogen and oxygen atoms in total. The Hall–Kier alpha value is -3.33. The van der Waals surface area contributed by atoms with Crippen molar-refractivity contribution >= 4 is 19.8 Å².